The van der Waals surface area contributed by atoms with Gasteiger partial charge in [-0.15, -0.1) is 0 Å². The van der Waals surface area contributed by atoms with Crippen molar-refractivity contribution >= 4 is 17.3 Å². The van der Waals surface area contributed by atoms with Crippen LogP contribution in [0.1, 0.15) is 19.3 Å². The highest BCUT2D eigenvalue weighted by atomic mass is 19.1. The van der Waals surface area contributed by atoms with E-state index in [4.69, 9.17) is 15.2 Å². The summed E-state index contributed by atoms with van der Waals surface area (Å²) in [6.07, 6.45) is 2.29. The molecule has 1 aliphatic rings. The molecule has 5 nitrogen and oxygen atoms in total. The van der Waals surface area contributed by atoms with Crippen LogP contribution in [0.15, 0.2) is 18.2 Å². The van der Waals surface area contributed by atoms with Crippen molar-refractivity contribution in [3.63, 3.8) is 0 Å². The van der Waals surface area contributed by atoms with Crippen molar-refractivity contribution in [3.05, 3.63) is 24.0 Å². The molecule has 0 radical (unpaired) electrons. The number of hydrogen-bond donors (Lipinski definition) is 2. The van der Waals surface area contributed by atoms with Gasteiger partial charge in [-0.3, -0.25) is 4.79 Å². The van der Waals surface area contributed by atoms with Gasteiger partial charge in [-0.2, -0.15) is 0 Å². The lowest BCUT2D eigenvalue weighted by atomic mass is 10.0. The Morgan fingerprint density at radius 3 is 2.90 bits per heavy atom. The quantitative estimate of drug-likeness (QED) is 0.623. The van der Waals surface area contributed by atoms with E-state index in [0.29, 0.717) is 24.8 Å². The van der Waals surface area contributed by atoms with Crippen LogP contribution in [0.25, 0.3) is 0 Å². The molecule has 1 aromatic rings. The summed E-state index contributed by atoms with van der Waals surface area (Å²) in [6, 6.07) is 4.11. The van der Waals surface area contributed by atoms with Crippen LogP contribution in [0.4, 0.5) is 15.8 Å². The average Bonchev–Trinajstić information content (AvgIpc) is 2.49. The summed E-state index contributed by atoms with van der Waals surface area (Å²) in [5, 5.41) is 2.66. The minimum atomic E-state index is -0.493. The lowest BCUT2D eigenvalue weighted by Crippen LogP contribution is -2.21. The number of carbonyl (C=O) groups is 1. The molecule has 0 unspecified atom stereocenters. The summed E-state index contributed by atoms with van der Waals surface area (Å²) >= 11 is 0. The maximum Gasteiger partial charge on any atom is 0.226 e. The molecule has 0 aliphatic carbocycles. The molecule has 0 atom stereocenters. The maximum absolute atomic E-state index is 13.0. The van der Waals surface area contributed by atoms with Crippen LogP contribution >= 0.6 is 0 Å². The summed E-state index contributed by atoms with van der Waals surface area (Å²) in [6.45, 7) is 2.63. The molecule has 0 aromatic heterocycles. The predicted molar refractivity (Wildman–Crippen MR) is 78.4 cm³/mol. The van der Waals surface area contributed by atoms with Gasteiger partial charge in [0.2, 0.25) is 5.91 Å². The van der Waals surface area contributed by atoms with E-state index in [2.05, 4.69) is 5.32 Å². The van der Waals surface area contributed by atoms with Crippen molar-refractivity contribution < 1.29 is 18.7 Å². The van der Waals surface area contributed by atoms with Gasteiger partial charge in [-0.05, 0) is 37.0 Å². The minimum absolute atomic E-state index is 0.0172. The Hall–Kier alpha value is -1.66. The molecule has 0 saturated carbocycles. The summed E-state index contributed by atoms with van der Waals surface area (Å²) in [5.41, 5.74) is 5.95. The average molecular weight is 296 g/mol. The topological polar surface area (TPSA) is 73.6 Å². The fourth-order valence-corrected chi connectivity index (χ4v) is 2.17. The fraction of sp³-hybridized carbons (Fsp3) is 0.533. The first-order chi connectivity index (χ1) is 10.1. The van der Waals surface area contributed by atoms with E-state index < -0.39 is 5.82 Å². The maximum atomic E-state index is 13.0. The Morgan fingerprint density at radius 2 is 2.19 bits per heavy atom. The smallest absolute Gasteiger partial charge is 0.226 e. The minimum Gasteiger partial charge on any atom is -0.396 e. The van der Waals surface area contributed by atoms with E-state index >= 15 is 0 Å². The molecule has 1 saturated heterocycles. The first-order valence-electron chi connectivity index (χ1n) is 7.15. The summed E-state index contributed by atoms with van der Waals surface area (Å²) < 4.78 is 23.8. The summed E-state index contributed by atoms with van der Waals surface area (Å²) in [4.78, 5) is 11.7. The van der Waals surface area contributed by atoms with Crippen molar-refractivity contribution in [1.82, 2.24) is 0 Å². The number of hydrogen-bond acceptors (Lipinski definition) is 4. The lowest BCUT2D eigenvalue weighted by molar-refractivity contribution is -0.117. The highest BCUT2D eigenvalue weighted by Crippen LogP contribution is 2.17. The molecule has 116 valence electrons. The molecular weight excluding hydrogens is 275 g/mol. The van der Waals surface area contributed by atoms with Gasteiger partial charge in [0.25, 0.3) is 0 Å². The second-order valence-corrected chi connectivity index (χ2v) is 5.17. The second kappa shape index (κ2) is 7.95. The van der Waals surface area contributed by atoms with Crippen molar-refractivity contribution in [2.75, 3.05) is 37.5 Å². The molecule has 1 aliphatic heterocycles. The van der Waals surface area contributed by atoms with Crippen LogP contribution in [0.5, 0.6) is 0 Å². The van der Waals surface area contributed by atoms with E-state index in [0.717, 1.165) is 26.1 Å². The number of rotatable bonds is 6. The normalized spacial score (nSPS) is 15.9. The standard InChI is InChI=1S/C15H21FN2O3/c16-13-2-1-12(9-14(13)17)18-15(19)5-8-21-10-11-3-6-20-7-4-11/h1-2,9,11H,3-8,10,17H2,(H,18,19). The Labute approximate surface area is 123 Å². The first-order valence-corrected chi connectivity index (χ1v) is 7.15. The molecule has 3 N–H and O–H groups in total. The van der Waals surface area contributed by atoms with Crippen LogP contribution in [0, 0.1) is 11.7 Å². The number of halogens is 1. The van der Waals surface area contributed by atoms with Gasteiger partial charge in [-0.25, -0.2) is 4.39 Å². The van der Waals surface area contributed by atoms with Crippen LogP contribution in [0.2, 0.25) is 0 Å². The van der Waals surface area contributed by atoms with Crippen molar-refractivity contribution in [2.24, 2.45) is 5.92 Å². The highest BCUT2D eigenvalue weighted by Gasteiger charge is 2.13. The molecule has 2 rings (SSSR count). The van der Waals surface area contributed by atoms with E-state index in [-0.39, 0.29) is 18.0 Å². The zero-order valence-corrected chi connectivity index (χ0v) is 11.9. The van der Waals surface area contributed by atoms with Crippen LogP contribution < -0.4 is 11.1 Å². The number of anilines is 2. The van der Waals surface area contributed by atoms with E-state index in [1.807, 2.05) is 0 Å². The molecule has 0 bridgehead atoms. The second-order valence-electron chi connectivity index (χ2n) is 5.17. The number of amides is 1. The van der Waals surface area contributed by atoms with Gasteiger partial charge in [0.05, 0.1) is 18.7 Å². The van der Waals surface area contributed by atoms with E-state index in [1.165, 1.54) is 18.2 Å². The molecule has 1 amide bonds. The Morgan fingerprint density at radius 1 is 1.43 bits per heavy atom. The first kappa shape index (κ1) is 15.7. The Balaban J connectivity index is 1.63. The molecule has 1 heterocycles. The zero-order valence-electron chi connectivity index (χ0n) is 11.9. The van der Waals surface area contributed by atoms with E-state index in [1.54, 1.807) is 0 Å². The largest absolute Gasteiger partial charge is 0.396 e. The Kier molecular flexibility index (Phi) is 5.95. The Bertz CT molecular complexity index is 476. The lowest BCUT2D eigenvalue weighted by Gasteiger charge is -2.21. The van der Waals surface area contributed by atoms with Gasteiger partial charge in [0, 0.05) is 25.5 Å². The molecule has 6 heteroatoms. The van der Waals surface area contributed by atoms with Gasteiger partial charge in [-0.1, -0.05) is 0 Å². The van der Waals surface area contributed by atoms with Crippen molar-refractivity contribution in [1.29, 1.82) is 0 Å². The molecule has 21 heavy (non-hydrogen) atoms. The number of ether oxygens (including phenoxy) is 2. The number of benzene rings is 1. The number of nitrogens with one attached hydrogen (secondary N) is 1. The SMILES string of the molecule is Nc1cc(NC(=O)CCOCC2CCOCC2)ccc1F. The molecular formula is C15H21FN2O3. The third kappa shape index (κ3) is 5.32. The molecule has 1 fully saturated rings. The summed E-state index contributed by atoms with van der Waals surface area (Å²) in [5.74, 6) is -0.139. The van der Waals surface area contributed by atoms with E-state index in [9.17, 15) is 9.18 Å². The highest BCUT2D eigenvalue weighted by molar-refractivity contribution is 5.91. The fourth-order valence-electron chi connectivity index (χ4n) is 2.17. The van der Waals surface area contributed by atoms with Gasteiger partial charge in [0.1, 0.15) is 5.82 Å². The molecule has 0 spiro atoms. The van der Waals surface area contributed by atoms with Crippen LogP contribution in [0.3, 0.4) is 0 Å². The predicted octanol–water partition coefficient (Wildman–Crippen LogP) is 2.18. The van der Waals surface area contributed by atoms with Gasteiger partial charge >= 0.3 is 0 Å². The number of carbonyl (C=O) groups excluding carboxylic acids is 1. The van der Waals surface area contributed by atoms with Crippen LogP contribution in [-0.4, -0.2) is 32.3 Å². The number of nitrogen functional groups attached to an aromatic ring is 1. The zero-order chi connectivity index (χ0) is 15.1. The molecule has 1 aromatic carbocycles. The van der Waals surface area contributed by atoms with Crippen molar-refractivity contribution in [2.45, 2.75) is 19.3 Å². The number of nitrogens with two attached hydrogens (primary N) is 1. The van der Waals surface area contributed by atoms with Gasteiger partial charge < -0.3 is 20.5 Å². The van der Waals surface area contributed by atoms with Crippen molar-refractivity contribution in [3.8, 4) is 0 Å². The monoisotopic (exact) mass is 296 g/mol. The van der Waals surface area contributed by atoms with Crippen LogP contribution in [-0.2, 0) is 14.3 Å². The third-order valence-electron chi connectivity index (χ3n) is 3.45. The third-order valence-corrected chi connectivity index (χ3v) is 3.45. The van der Waals surface area contributed by atoms with Gasteiger partial charge in [0.15, 0.2) is 0 Å². The summed E-state index contributed by atoms with van der Waals surface area (Å²) in [7, 11) is 0.